The Morgan fingerprint density at radius 3 is 2.25 bits per heavy atom. The molecule has 0 bridgehead atoms. The fourth-order valence-electron chi connectivity index (χ4n) is 2.86. The van der Waals surface area contributed by atoms with Gasteiger partial charge in [0.25, 0.3) is 5.91 Å². The second-order valence-corrected chi connectivity index (χ2v) is 6.25. The summed E-state index contributed by atoms with van der Waals surface area (Å²) >= 11 is 0. The smallest absolute Gasteiger partial charge is 0.251 e. The van der Waals surface area contributed by atoms with Gasteiger partial charge in [0, 0.05) is 31.6 Å². The lowest BCUT2D eigenvalue weighted by Gasteiger charge is -2.15. The quantitative estimate of drug-likeness (QED) is 0.821. The van der Waals surface area contributed by atoms with Crippen LogP contribution in [0.15, 0.2) is 18.2 Å². The average Bonchev–Trinajstić information content (AvgIpc) is 3.06. The monoisotopic (exact) mass is 331 g/mol. The number of rotatable bonds is 6. The number of aryl methyl sites for hydroxylation is 2. The van der Waals surface area contributed by atoms with Crippen LogP contribution in [0.5, 0.6) is 0 Å². The van der Waals surface area contributed by atoms with E-state index in [0.717, 1.165) is 37.1 Å². The summed E-state index contributed by atoms with van der Waals surface area (Å²) in [7, 11) is 0. The molecule has 1 saturated heterocycles. The van der Waals surface area contributed by atoms with Crippen LogP contribution >= 0.6 is 0 Å². The van der Waals surface area contributed by atoms with E-state index in [1.165, 1.54) is 0 Å². The Kier molecular flexibility index (Phi) is 6.35. The predicted octanol–water partition coefficient (Wildman–Crippen LogP) is 1.16. The topological polar surface area (TPSA) is 78.5 Å². The zero-order valence-corrected chi connectivity index (χ0v) is 14.4. The fourth-order valence-corrected chi connectivity index (χ4v) is 2.86. The van der Waals surface area contributed by atoms with Crippen LogP contribution in [0.25, 0.3) is 0 Å². The number of hydrogen-bond acceptors (Lipinski definition) is 3. The molecule has 0 unspecified atom stereocenters. The first kappa shape index (κ1) is 18.0. The summed E-state index contributed by atoms with van der Waals surface area (Å²) in [6, 6.07) is 5.56. The van der Waals surface area contributed by atoms with E-state index in [1.54, 1.807) is 12.1 Å². The van der Waals surface area contributed by atoms with Crippen molar-refractivity contribution in [3.05, 3.63) is 34.9 Å². The van der Waals surface area contributed by atoms with Gasteiger partial charge in [-0.15, -0.1) is 0 Å². The summed E-state index contributed by atoms with van der Waals surface area (Å²) in [5.74, 6) is -0.487. The molecule has 6 heteroatoms. The molecular formula is C18H25N3O3. The van der Waals surface area contributed by atoms with Crippen LogP contribution in [0.2, 0.25) is 0 Å². The predicted molar refractivity (Wildman–Crippen MR) is 91.7 cm³/mol. The molecule has 0 spiro atoms. The Bertz CT molecular complexity index is 602. The van der Waals surface area contributed by atoms with Crippen LogP contribution in [0.4, 0.5) is 0 Å². The largest absolute Gasteiger partial charge is 0.354 e. The molecule has 24 heavy (non-hydrogen) atoms. The van der Waals surface area contributed by atoms with Crippen molar-refractivity contribution in [2.75, 3.05) is 26.2 Å². The lowest BCUT2D eigenvalue weighted by molar-refractivity contribution is -0.130. The van der Waals surface area contributed by atoms with Crippen LogP contribution in [0.3, 0.4) is 0 Å². The molecule has 1 fully saturated rings. The SMILES string of the molecule is Cc1cc(C)cc(C(=O)NCC(=O)NCCC(=O)N2CCCC2)c1. The number of nitrogens with zero attached hydrogens (tertiary/aromatic N) is 1. The molecule has 1 aliphatic heterocycles. The van der Waals surface area contributed by atoms with Gasteiger partial charge < -0.3 is 15.5 Å². The molecule has 0 atom stereocenters. The first-order valence-corrected chi connectivity index (χ1v) is 8.36. The molecule has 2 rings (SSSR count). The zero-order chi connectivity index (χ0) is 17.5. The van der Waals surface area contributed by atoms with Gasteiger partial charge in [0.05, 0.1) is 6.54 Å². The summed E-state index contributed by atoms with van der Waals surface area (Å²) in [4.78, 5) is 37.5. The van der Waals surface area contributed by atoms with Gasteiger partial charge >= 0.3 is 0 Å². The Balaban J connectivity index is 1.68. The zero-order valence-electron chi connectivity index (χ0n) is 14.4. The Hall–Kier alpha value is -2.37. The summed E-state index contributed by atoms with van der Waals surface area (Å²) in [5, 5.41) is 5.27. The molecule has 2 N–H and O–H groups in total. The second-order valence-electron chi connectivity index (χ2n) is 6.25. The molecule has 0 saturated carbocycles. The molecular weight excluding hydrogens is 306 g/mol. The van der Waals surface area contributed by atoms with Gasteiger partial charge in [-0.25, -0.2) is 0 Å². The molecule has 1 aromatic rings. The molecule has 0 aromatic heterocycles. The Labute approximate surface area is 142 Å². The van der Waals surface area contributed by atoms with Gasteiger partial charge in [0.1, 0.15) is 0 Å². The third-order valence-corrected chi connectivity index (χ3v) is 4.01. The number of benzene rings is 1. The maximum absolute atomic E-state index is 12.1. The first-order chi connectivity index (χ1) is 11.5. The average molecular weight is 331 g/mol. The number of hydrogen-bond donors (Lipinski definition) is 2. The standard InChI is InChI=1S/C18H25N3O3/c1-13-9-14(2)11-15(10-13)18(24)20-12-16(22)19-6-5-17(23)21-7-3-4-8-21/h9-11H,3-8,12H2,1-2H3,(H,19,22)(H,20,24). The van der Waals surface area contributed by atoms with E-state index in [9.17, 15) is 14.4 Å². The van der Waals surface area contributed by atoms with Crippen molar-refractivity contribution in [1.29, 1.82) is 0 Å². The number of carbonyl (C=O) groups excluding carboxylic acids is 3. The van der Waals surface area contributed by atoms with Gasteiger partial charge in [-0.3, -0.25) is 14.4 Å². The summed E-state index contributed by atoms with van der Waals surface area (Å²) < 4.78 is 0. The van der Waals surface area contributed by atoms with E-state index in [0.29, 0.717) is 18.5 Å². The van der Waals surface area contributed by atoms with Crippen LogP contribution in [-0.4, -0.2) is 48.8 Å². The summed E-state index contributed by atoms with van der Waals surface area (Å²) in [6.45, 7) is 5.69. The van der Waals surface area contributed by atoms with Crippen molar-refractivity contribution >= 4 is 17.7 Å². The minimum Gasteiger partial charge on any atom is -0.354 e. The minimum absolute atomic E-state index is 0.0760. The van der Waals surface area contributed by atoms with E-state index >= 15 is 0 Å². The van der Waals surface area contributed by atoms with E-state index < -0.39 is 0 Å². The van der Waals surface area contributed by atoms with Gasteiger partial charge in [0.15, 0.2) is 0 Å². The fraction of sp³-hybridized carbons (Fsp3) is 0.500. The molecule has 130 valence electrons. The van der Waals surface area contributed by atoms with Crippen molar-refractivity contribution in [2.45, 2.75) is 33.1 Å². The Morgan fingerprint density at radius 2 is 1.62 bits per heavy atom. The van der Waals surface area contributed by atoms with Crippen LogP contribution in [-0.2, 0) is 9.59 Å². The van der Waals surface area contributed by atoms with Crippen molar-refractivity contribution in [2.24, 2.45) is 0 Å². The van der Waals surface area contributed by atoms with Crippen molar-refractivity contribution in [1.82, 2.24) is 15.5 Å². The van der Waals surface area contributed by atoms with Gasteiger partial charge in [0.2, 0.25) is 11.8 Å². The lowest BCUT2D eigenvalue weighted by atomic mass is 10.1. The number of likely N-dealkylation sites (tertiary alicyclic amines) is 1. The highest BCUT2D eigenvalue weighted by molar-refractivity contribution is 5.96. The maximum Gasteiger partial charge on any atom is 0.251 e. The van der Waals surface area contributed by atoms with E-state index in [4.69, 9.17) is 0 Å². The van der Waals surface area contributed by atoms with E-state index in [2.05, 4.69) is 10.6 Å². The summed E-state index contributed by atoms with van der Waals surface area (Å²) in [5.41, 5.74) is 2.56. The molecule has 6 nitrogen and oxygen atoms in total. The van der Waals surface area contributed by atoms with Crippen LogP contribution in [0, 0.1) is 13.8 Å². The third kappa shape index (κ3) is 5.37. The Morgan fingerprint density at radius 1 is 1.00 bits per heavy atom. The van der Waals surface area contributed by atoms with E-state index in [-0.39, 0.29) is 24.3 Å². The van der Waals surface area contributed by atoms with Crippen LogP contribution < -0.4 is 10.6 Å². The van der Waals surface area contributed by atoms with Crippen molar-refractivity contribution < 1.29 is 14.4 Å². The highest BCUT2D eigenvalue weighted by Gasteiger charge is 2.17. The molecule has 0 aliphatic carbocycles. The molecule has 3 amide bonds. The molecule has 0 radical (unpaired) electrons. The van der Waals surface area contributed by atoms with Crippen molar-refractivity contribution in [3.63, 3.8) is 0 Å². The summed E-state index contributed by atoms with van der Waals surface area (Å²) in [6.07, 6.45) is 2.42. The maximum atomic E-state index is 12.1. The number of amides is 3. The second kappa shape index (κ2) is 8.47. The van der Waals surface area contributed by atoms with Gasteiger partial charge in [-0.05, 0) is 38.8 Å². The molecule has 1 aromatic carbocycles. The molecule has 1 aliphatic rings. The lowest BCUT2D eigenvalue weighted by Crippen LogP contribution is -2.39. The normalized spacial score (nSPS) is 13.7. The number of nitrogens with one attached hydrogen (secondary N) is 2. The minimum atomic E-state index is -0.290. The highest BCUT2D eigenvalue weighted by atomic mass is 16.2. The van der Waals surface area contributed by atoms with Crippen LogP contribution in [0.1, 0.15) is 40.7 Å². The van der Waals surface area contributed by atoms with E-state index in [1.807, 2.05) is 24.8 Å². The molecule has 1 heterocycles. The number of carbonyl (C=O) groups is 3. The first-order valence-electron chi connectivity index (χ1n) is 8.36. The van der Waals surface area contributed by atoms with Gasteiger partial charge in [-0.2, -0.15) is 0 Å². The van der Waals surface area contributed by atoms with Gasteiger partial charge in [-0.1, -0.05) is 17.2 Å². The highest BCUT2D eigenvalue weighted by Crippen LogP contribution is 2.09. The van der Waals surface area contributed by atoms with Crippen molar-refractivity contribution in [3.8, 4) is 0 Å². The third-order valence-electron chi connectivity index (χ3n) is 4.01.